The molecule has 0 aliphatic heterocycles. The first-order valence-electron chi connectivity index (χ1n) is 7.70. The summed E-state index contributed by atoms with van der Waals surface area (Å²) in [6.07, 6.45) is 2.41. The van der Waals surface area contributed by atoms with E-state index < -0.39 is 0 Å². The van der Waals surface area contributed by atoms with E-state index in [9.17, 15) is 4.79 Å². The molecule has 1 aromatic heterocycles. The van der Waals surface area contributed by atoms with Crippen LogP contribution in [0.25, 0.3) is 0 Å². The van der Waals surface area contributed by atoms with Gasteiger partial charge >= 0.3 is 0 Å². The number of nitrogens with one attached hydrogen (secondary N) is 1. The van der Waals surface area contributed by atoms with Crippen LogP contribution in [0.3, 0.4) is 0 Å². The Balaban J connectivity index is 1.35. The molecule has 2 aromatic rings. The van der Waals surface area contributed by atoms with Gasteiger partial charge in [-0.25, -0.2) is 0 Å². The monoisotopic (exact) mass is 348 g/mol. The highest BCUT2D eigenvalue weighted by molar-refractivity contribution is 7.99. The van der Waals surface area contributed by atoms with Gasteiger partial charge in [0.25, 0.3) is 0 Å². The van der Waals surface area contributed by atoms with Crippen molar-refractivity contribution in [2.75, 3.05) is 18.1 Å². The molecule has 1 N–H and O–H groups in total. The van der Waals surface area contributed by atoms with Crippen molar-refractivity contribution in [2.45, 2.75) is 28.8 Å². The number of nitrogens with zero attached hydrogens (tertiary/aromatic N) is 3. The van der Waals surface area contributed by atoms with Crippen molar-refractivity contribution in [3.63, 3.8) is 0 Å². The lowest BCUT2D eigenvalue weighted by Crippen LogP contribution is -2.27. The zero-order valence-electron chi connectivity index (χ0n) is 13.1. The smallest absolute Gasteiger partial charge is 0.230 e. The number of hydrogen-bond donors (Lipinski definition) is 1. The van der Waals surface area contributed by atoms with E-state index in [1.54, 1.807) is 11.8 Å². The molecule has 23 heavy (non-hydrogen) atoms. The van der Waals surface area contributed by atoms with E-state index in [1.165, 1.54) is 29.5 Å². The molecule has 0 spiro atoms. The highest BCUT2D eigenvalue weighted by Crippen LogP contribution is 2.39. The second-order valence-electron chi connectivity index (χ2n) is 5.47. The standard InChI is InChI=1S/C16H20N4OS2/c1-20-15(12-7-8-12)18-19-16(20)23-11-14(21)17-9-10-22-13-5-3-2-4-6-13/h2-6,12H,7-11H2,1H3,(H,17,21). The Labute approximate surface area is 144 Å². The number of benzene rings is 1. The molecule has 1 aliphatic rings. The highest BCUT2D eigenvalue weighted by atomic mass is 32.2. The molecule has 1 heterocycles. The molecular formula is C16H20N4OS2. The minimum absolute atomic E-state index is 0.0413. The van der Waals surface area contributed by atoms with Gasteiger partial charge in [-0.3, -0.25) is 4.79 Å². The maximum Gasteiger partial charge on any atom is 0.230 e. The highest BCUT2D eigenvalue weighted by Gasteiger charge is 2.29. The molecule has 0 bridgehead atoms. The van der Waals surface area contributed by atoms with Crippen molar-refractivity contribution in [3.05, 3.63) is 36.2 Å². The summed E-state index contributed by atoms with van der Waals surface area (Å²) in [5, 5.41) is 12.2. The first-order chi connectivity index (χ1) is 11.2. The number of carbonyl (C=O) groups is 1. The number of hydrogen-bond acceptors (Lipinski definition) is 5. The van der Waals surface area contributed by atoms with Crippen LogP contribution in [-0.2, 0) is 11.8 Å². The largest absolute Gasteiger partial charge is 0.355 e. The van der Waals surface area contributed by atoms with Gasteiger partial charge in [0.1, 0.15) is 5.82 Å². The Morgan fingerprint density at radius 1 is 1.26 bits per heavy atom. The molecule has 1 aliphatic carbocycles. The van der Waals surface area contributed by atoms with E-state index in [0.717, 1.165) is 16.7 Å². The van der Waals surface area contributed by atoms with Crippen LogP contribution >= 0.6 is 23.5 Å². The van der Waals surface area contributed by atoms with Gasteiger partial charge in [0.15, 0.2) is 5.16 Å². The third kappa shape index (κ3) is 4.75. The summed E-state index contributed by atoms with van der Waals surface area (Å²) < 4.78 is 2.01. The topological polar surface area (TPSA) is 59.8 Å². The normalized spacial score (nSPS) is 14.0. The Bertz CT molecular complexity index is 655. The van der Waals surface area contributed by atoms with Gasteiger partial charge in [-0.05, 0) is 25.0 Å². The Kier molecular flexibility index (Phi) is 5.61. The molecule has 1 saturated carbocycles. The minimum Gasteiger partial charge on any atom is -0.355 e. The second kappa shape index (κ2) is 7.88. The van der Waals surface area contributed by atoms with E-state index in [2.05, 4.69) is 27.6 Å². The molecule has 1 fully saturated rings. The summed E-state index contributed by atoms with van der Waals surface area (Å²) in [5.41, 5.74) is 0. The molecule has 5 nitrogen and oxygen atoms in total. The van der Waals surface area contributed by atoms with Crippen LogP contribution in [0.5, 0.6) is 0 Å². The summed E-state index contributed by atoms with van der Waals surface area (Å²) in [6.45, 7) is 0.672. The number of aromatic nitrogens is 3. The summed E-state index contributed by atoms with van der Waals surface area (Å²) in [7, 11) is 1.98. The molecule has 1 amide bonds. The lowest BCUT2D eigenvalue weighted by Gasteiger charge is -2.05. The lowest BCUT2D eigenvalue weighted by atomic mass is 10.4. The molecular weight excluding hydrogens is 328 g/mol. The summed E-state index contributed by atoms with van der Waals surface area (Å²) in [4.78, 5) is 13.1. The predicted octanol–water partition coefficient (Wildman–Crippen LogP) is 2.69. The van der Waals surface area contributed by atoms with Gasteiger partial charge < -0.3 is 9.88 Å². The molecule has 0 atom stereocenters. The molecule has 0 saturated heterocycles. The Morgan fingerprint density at radius 2 is 2.04 bits per heavy atom. The predicted molar refractivity (Wildman–Crippen MR) is 93.9 cm³/mol. The van der Waals surface area contributed by atoms with Crippen LogP contribution in [0, 0.1) is 0 Å². The molecule has 3 rings (SSSR count). The van der Waals surface area contributed by atoms with E-state index in [-0.39, 0.29) is 5.91 Å². The van der Waals surface area contributed by atoms with Crippen LogP contribution in [-0.4, -0.2) is 38.7 Å². The quantitative estimate of drug-likeness (QED) is 0.587. The van der Waals surface area contributed by atoms with Crippen LogP contribution in [0.15, 0.2) is 40.4 Å². The van der Waals surface area contributed by atoms with Gasteiger partial charge in [0.2, 0.25) is 5.91 Å². The maximum atomic E-state index is 11.9. The van der Waals surface area contributed by atoms with Crippen molar-refractivity contribution in [2.24, 2.45) is 7.05 Å². The van der Waals surface area contributed by atoms with Crippen LogP contribution in [0.4, 0.5) is 0 Å². The van der Waals surface area contributed by atoms with Crippen LogP contribution in [0.2, 0.25) is 0 Å². The number of rotatable bonds is 8. The first-order valence-corrected chi connectivity index (χ1v) is 9.68. The van der Waals surface area contributed by atoms with E-state index in [0.29, 0.717) is 18.2 Å². The summed E-state index contributed by atoms with van der Waals surface area (Å²) in [5.74, 6) is 2.92. The van der Waals surface area contributed by atoms with Crippen molar-refractivity contribution < 1.29 is 4.79 Å². The maximum absolute atomic E-state index is 11.9. The summed E-state index contributed by atoms with van der Waals surface area (Å²) in [6, 6.07) is 10.2. The third-order valence-corrected chi connectivity index (χ3v) is 5.61. The number of amides is 1. The van der Waals surface area contributed by atoms with Crippen LogP contribution < -0.4 is 5.32 Å². The van der Waals surface area contributed by atoms with Crippen molar-refractivity contribution in [1.82, 2.24) is 20.1 Å². The van der Waals surface area contributed by atoms with Gasteiger partial charge in [0.05, 0.1) is 5.75 Å². The molecule has 1 aromatic carbocycles. The Hall–Kier alpha value is -1.47. The van der Waals surface area contributed by atoms with E-state index in [4.69, 9.17) is 0 Å². The summed E-state index contributed by atoms with van der Waals surface area (Å²) >= 11 is 3.19. The zero-order chi connectivity index (χ0) is 16.1. The van der Waals surface area contributed by atoms with Gasteiger partial charge in [-0.2, -0.15) is 0 Å². The molecule has 122 valence electrons. The molecule has 7 heteroatoms. The average Bonchev–Trinajstić information content (AvgIpc) is 3.34. The van der Waals surface area contributed by atoms with Crippen LogP contribution in [0.1, 0.15) is 24.6 Å². The van der Waals surface area contributed by atoms with E-state index in [1.807, 2.05) is 29.8 Å². The SMILES string of the molecule is Cn1c(SCC(=O)NCCSc2ccccc2)nnc1C1CC1. The fraction of sp³-hybridized carbons (Fsp3) is 0.438. The Morgan fingerprint density at radius 3 is 2.78 bits per heavy atom. The van der Waals surface area contributed by atoms with Crippen molar-refractivity contribution in [1.29, 1.82) is 0 Å². The van der Waals surface area contributed by atoms with Gasteiger partial charge in [-0.1, -0.05) is 30.0 Å². The van der Waals surface area contributed by atoms with Crippen molar-refractivity contribution in [3.8, 4) is 0 Å². The zero-order valence-corrected chi connectivity index (χ0v) is 14.7. The lowest BCUT2D eigenvalue weighted by molar-refractivity contribution is -0.118. The molecule has 0 unspecified atom stereocenters. The first kappa shape index (κ1) is 16.4. The van der Waals surface area contributed by atoms with E-state index >= 15 is 0 Å². The minimum atomic E-state index is 0.0413. The fourth-order valence-electron chi connectivity index (χ4n) is 2.21. The third-order valence-electron chi connectivity index (χ3n) is 3.58. The molecule has 0 radical (unpaired) electrons. The number of carbonyl (C=O) groups excluding carboxylic acids is 1. The van der Waals surface area contributed by atoms with Gasteiger partial charge in [0, 0.05) is 30.2 Å². The van der Waals surface area contributed by atoms with Gasteiger partial charge in [-0.15, -0.1) is 22.0 Å². The fourth-order valence-corrected chi connectivity index (χ4v) is 3.74. The second-order valence-corrected chi connectivity index (χ2v) is 7.59. The number of thioether (sulfide) groups is 2. The average molecular weight is 348 g/mol. The van der Waals surface area contributed by atoms with Crippen molar-refractivity contribution >= 4 is 29.4 Å².